The summed E-state index contributed by atoms with van der Waals surface area (Å²) >= 11 is 0. The number of hydrogen-bond acceptors (Lipinski definition) is 4. The normalized spacial score (nSPS) is 14.0. The van der Waals surface area contributed by atoms with Crippen LogP contribution in [0.4, 0.5) is 30.2 Å². The van der Waals surface area contributed by atoms with E-state index in [1.807, 2.05) is 60.7 Å². The van der Waals surface area contributed by atoms with Gasteiger partial charge in [-0.05, 0) is 54.6 Å². The fourth-order valence-corrected chi connectivity index (χ4v) is 4.28. The minimum atomic E-state index is -4.45. The monoisotopic (exact) mass is 512 g/mol. The molecule has 0 unspecified atom stereocenters. The summed E-state index contributed by atoms with van der Waals surface area (Å²) < 4.78 is 39.3. The van der Waals surface area contributed by atoms with E-state index in [4.69, 9.17) is 0 Å². The standard InChI is InChI=1S/C28H19F3N6O/c29-28(30,31)18-6-1-4-16(12-18)25-35-26(37-36-25)17-5-2-7-20(13-17)33-21-9-10-22-23(14-19-8-3-11-32-19)27(38)34-24(22)15-21/h1-15,32-33H,(H,34,38)(H,35,36,37)/b23-14-. The Morgan fingerprint density at radius 3 is 2.29 bits per heavy atom. The highest BCUT2D eigenvalue weighted by Gasteiger charge is 2.30. The van der Waals surface area contributed by atoms with Gasteiger partial charge in [-0.25, -0.2) is 0 Å². The molecule has 0 saturated carbocycles. The molecule has 0 bridgehead atoms. The number of nitrogens with zero attached hydrogens (tertiary/aromatic N) is 2. The van der Waals surface area contributed by atoms with Crippen LogP contribution in [-0.4, -0.2) is 26.1 Å². The number of benzene rings is 3. The summed E-state index contributed by atoms with van der Waals surface area (Å²) in [6, 6.07) is 21.7. The smallest absolute Gasteiger partial charge is 0.362 e. The lowest BCUT2D eigenvalue weighted by Gasteiger charge is -2.09. The lowest BCUT2D eigenvalue weighted by molar-refractivity contribution is -0.137. The summed E-state index contributed by atoms with van der Waals surface area (Å²) in [5.41, 5.74) is 4.70. The van der Waals surface area contributed by atoms with Gasteiger partial charge in [0.05, 0.1) is 16.8 Å². The van der Waals surface area contributed by atoms with E-state index < -0.39 is 11.7 Å². The molecule has 6 rings (SSSR count). The first-order valence-corrected chi connectivity index (χ1v) is 11.6. The molecule has 0 spiro atoms. The van der Waals surface area contributed by atoms with Crippen LogP contribution in [0.3, 0.4) is 0 Å². The van der Waals surface area contributed by atoms with E-state index in [9.17, 15) is 18.0 Å². The number of amides is 1. The van der Waals surface area contributed by atoms with Gasteiger partial charge >= 0.3 is 6.18 Å². The predicted octanol–water partition coefficient (Wildman–Crippen LogP) is 6.72. The highest BCUT2D eigenvalue weighted by molar-refractivity contribution is 6.35. The quantitative estimate of drug-likeness (QED) is 0.197. The molecule has 7 nitrogen and oxygen atoms in total. The number of anilines is 3. The van der Waals surface area contributed by atoms with Gasteiger partial charge in [0.15, 0.2) is 11.6 Å². The van der Waals surface area contributed by atoms with Gasteiger partial charge in [-0.3, -0.25) is 4.79 Å². The average molecular weight is 512 g/mol. The lowest BCUT2D eigenvalue weighted by atomic mass is 10.1. The van der Waals surface area contributed by atoms with Crippen molar-refractivity contribution in [3.63, 3.8) is 0 Å². The molecule has 3 aromatic carbocycles. The van der Waals surface area contributed by atoms with Crippen LogP contribution in [-0.2, 0) is 11.0 Å². The molecule has 1 amide bonds. The Bertz CT molecular complexity index is 1690. The van der Waals surface area contributed by atoms with Crippen molar-refractivity contribution >= 4 is 34.6 Å². The van der Waals surface area contributed by atoms with E-state index in [-0.39, 0.29) is 17.3 Å². The van der Waals surface area contributed by atoms with Gasteiger partial charge in [0.1, 0.15) is 0 Å². The Hall–Kier alpha value is -5.12. The molecule has 1 aliphatic heterocycles. The van der Waals surface area contributed by atoms with Crippen molar-refractivity contribution in [2.45, 2.75) is 6.18 Å². The van der Waals surface area contributed by atoms with Crippen molar-refractivity contribution in [3.8, 4) is 22.8 Å². The molecule has 10 heteroatoms. The number of H-pyrrole nitrogens is 2. The zero-order valence-corrected chi connectivity index (χ0v) is 19.6. The maximum atomic E-state index is 13.1. The molecule has 0 aliphatic carbocycles. The van der Waals surface area contributed by atoms with Crippen LogP contribution in [0.1, 0.15) is 16.8 Å². The number of carbonyl (C=O) groups excluding carboxylic acids is 1. The fourth-order valence-electron chi connectivity index (χ4n) is 4.28. The number of carbonyl (C=O) groups is 1. The number of alkyl halides is 3. The van der Waals surface area contributed by atoms with Crippen LogP contribution in [0.5, 0.6) is 0 Å². The van der Waals surface area contributed by atoms with E-state index in [0.29, 0.717) is 22.6 Å². The largest absolute Gasteiger partial charge is 0.416 e. The number of fused-ring (bicyclic) bond motifs is 1. The molecule has 188 valence electrons. The van der Waals surface area contributed by atoms with Crippen molar-refractivity contribution < 1.29 is 18.0 Å². The molecule has 2 aromatic heterocycles. The molecule has 0 fully saturated rings. The lowest BCUT2D eigenvalue weighted by Crippen LogP contribution is -2.04. The predicted molar refractivity (Wildman–Crippen MR) is 139 cm³/mol. The SMILES string of the molecule is O=C1Nc2cc(Nc3cccc(-c4nnc(-c5cccc(C(F)(F)F)c5)[nH]4)c3)ccc2/C1=C/c1ccc[nH]1. The Labute approximate surface area is 214 Å². The van der Waals surface area contributed by atoms with Gasteiger partial charge in [0, 0.05) is 40.0 Å². The summed E-state index contributed by atoms with van der Waals surface area (Å²) in [5, 5.41) is 14.4. The van der Waals surface area contributed by atoms with Crippen LogP contribution in [0.2, 0.25) is 0 Å². The maximum Gasteiger partial charge on any atom is 0.416 e. The zero-order chi connectivity index (χ0) is 26.3. The van der Waals surface area contributed by atoms with E-state index in [1.165, 1.54) is 6.07 Å². The number of aromatic nitrogens is 4. The molecule has 1 aliphatic rings. The number of halogens is 3. The summed E-state index contributed by atoms with van der Waals surface area (Å²) in [6.45, 7) is 0. The minimum absolute atomic E-state index is 0.171. The van der Waals surface area contributed by atoms with Gasteiger partial charge in [-0.2, -0.15) is 13.2 Å². The number of nitrogens with one attached hydrogen (secondary N) is 4. The van der Waals surface area contributed by atoms with Gasteiger partial charge in [0.25, 0.3) is 5.91 Å². The Morgan fingerprint density at radius 1 is 0.816 bits per heavy atom. The molecule has 3 heterocycles. The van der Waals surface area contributed by atoms with Crippen molar-refractivity contribution in [1.29, 1.82) is 0 Å². The summed E-state index contributed by atoms with van der Waals surface area (Å²) in [6.07, 6.45) is -0.839. The van der Waals surface area contributed by atoms with Gasteiger partial charge in [0.2, 0.25) is 0 Å². The Morgan fingerprint density at radius 2 is 1.55 bits per heavy atom. The van der Waals surface area contributed by atoms with Crippen LogP contribution in [0.25, 0.3) is 34.4 Å². The van der Waals surface area contributed by atoms with Gasteiger partial charge in [-0.15, -0.1) is 10.2 Å². The van der Waals surface area contributed by atoms with Crippen molar-refractivity contribution in [3.05, 3.63) is 102 Å². The second-order valence-corrected chi connectivity index (χ2v) is 8.70. The minimum Gasteiger partial charge on any atom is -0.362 e. The van der Waals surface area contributed by atoms with Gasteiger partial charge in [-0.1, -0.05) is 30.3 Å². The molecular formula is C28H19F3N6O. The fraction of sp³-hybridized carbons (Fsp3) is 0.0357. The van der Waals surface area contributed by atoms with Crippen LogP contribution < -0.4 is 10.6 Å². The summed E-state index contributed by atoms with van der Waals surface area (Å²) in [4.78, 5) is 18.6. The van der Waals surface area contributed by atoms with Crippen LogP contribution in [0, 0.1) is 0 Å². The van der Waals surface area contributed by atoms with Crippen LogP contribution >= 0.6 is 0 Å². The van der Waals surface area contributed by atoms with Crippen LogP contribution in [0.15, 0.2) is 85.1 Å². The van der Waals surface area contributed by atoms with E-state index in [2.05, 4.69) is 30.8 Å². The first-order chi connectivity index (χ1) is 18.3. The summed E-state index contributed by atoms with van der Waals surface area (Å²) in [7, 11) is 0. The number of aromatic amines is 2. The molecule has 38 heavy (non-hydrogen) atoms. The highest BCUT2D eigenvalue weighted by Crippen LogP contribution is 2.36. The molecule has 5 aromatic rings. The van der Waals surface area contributed by atoms with Crippen molar-refractivity contribution in [1.82, 2.24) is 20.2 Å². The zero-order valence-electron chi connectivity index (χ0n) is 19.6. The van der Waals surface area contributed by atoms with E-state index >= 15 is 0 Å². The molecule has 0 saturated heterocycles. The number of hydrogen-bond donors (Lipinski definition) is 4. The highest BCUT2D eigenvalue weighted by atomic mass is 19.4. The molecule has 0 atom stereocenters. The second kappa shape index (κ2) is 9.07. The Kier molecular flexibility index (Phi) is 5.56. The van der Waals surface area contributed by atoms with Gasteiger partial charge < -0.3 is 20.6 Å². The molecule has 0 radical (unpaired) electrons. The molecule has 4 N–H and O–H groups in total. The topological polar surface area (TPSA) is 98.5 Å². The third-order valence-corrected chi connectivity index (χ3v) is 6.10. The maximum absolute atomic E-state index is 13.1. The average Bonchev–Trinajstić information content (AvgIpc) is 3.65. The number of rotatable bonds is 5. The van der Waals surface area contributed by atoms with E-state index in [0.717, 1.165) is 34.8 Å². The second-order valence-electron chi connectivity index (χ2n) is 8.70. The first kappa shape index (κ1) is 23.3. The Balaban J connectivity index is 1.23. The van der Waals surface area contributed by atoms with E-state index in [1.54, 1.807) is 12.3 Å². The third-order valence-electron chi connectivity index (χ3n) is 6.10. The van der Waals surface area contributed by atoms with Crippen molar-refractivity contribution in [2.75, 3.05) is 10.6 Å². The third kappa shape index (κ3) is 4.55. The van der Waals surface area contributed by atoms with Crippen molar-refractivity contribution in [2.24, 2.45) is 0 Å². The molecular weight excluding hydrogens is 493 g/mol. The first-order valence-electron chi connectivity index (χ1n) is 11.6. The summed E-state index contributed by atoms with van der Waals surface area (Å²) in [5.74, 6) is 0.485.